The number of rotatable bonds is 7. The molecule has 158 valence electrons. The fraction of sp³-hybridized carbons (Fsp3) is 0.0714. The highest BCUT2D eigenvalue weighted by Gasteiger charge is 2.23. The molecule has 0 saturated heterocycles. The van der Waals surface area contributed by atoms with Crippen LogP contribution < -0.4 is 10.5 Å². The first kappa shape index (κ1) is 21.1. The third-order valence-corrected chi connectivity index (χ3v) is 5.17. The zero-order chi connectivity index (χ0) is 22.5. The van der Waals surface area contributed by atoms with E-state index in [2.05, 4.69) is 13.2 Å². The molecule has 0 radical (unpaired) electrons. The van der Waals surface area contributed by atoms with Crippen molar-refractivity contribution in [2.45, 2.75) is 6.92 Å². The molecule has 3 aromatic carbocycles. The van der Waals surface area contributed by atoms with Gasteiger partial charge in [-0.15, -0.1) is 6.58 Å². The highest BCUT2D eigenvalue weighted by atomic mass is 16.1. The molecule has 1 heterocycles. The number of aromatic nitrogens is 2. The topological polar surface area (TPSA) is 38.1 Å². The van der Waals surface area contributed by atoms with Crippen LogP contribution >= 0.6 is 0 Å². The van der Waals surface area contributed by atoms with Gasteiger partial charge in [0.05, 0.1) is 11.3 Å². The Balaban J connectivity index is 2.09. The van der Waals surface area contributed by atoms with Gasteiger partial charge < -0.3 is 4.90 Å². The Morgan fingerprint density at radius 3 is 2.06 bits per heavy atom. The van der Waals surface area contributed by atoms with Gasteiger partial charge in [-0.05, 0) is 36.8 Å². The van der Waals surface area contributed by atoms with Crippen molar-refractivity contribution in [1.29, 1.82) is 0 Å². The summed E-state index contributed by atoms with van der Waals surface area (Å²) in [4.78, 5) is 21.1. The molecular formula is C28H25N3O. The van der Waals surface area contributed by atoms with Gasteiger partial charge in [-0.3, -0.25) is 9.36 Å². The molecule has 0 aliphatic carbocycles. The average Bonchev–Trinajstić information content (AvgIpc) is 2.83. The number of hydrogen-bond donors (Lipinski definition) is 0. The van der Waals surface area contributed by atoms with Gasteiger partial charge in [0.15, 0.2) is 0 Å². The van der Waals surface area contributed by atoms with Crippen LogP contribution in [0.15, 0.2) is 115 Å². The van der Waals surface area contributed by atoms with Crippen molar-refractivity contribution in [2.75, 3.05) is 11.4 Å². The first-order valence-electron chi connectivity index (χ1n) is 10.5. The molecular weight excluding hydrogens is 394 g/mol. The van der Waals surface area contributed by atoms with Crippen molar-refractivity contribution in [1.82, 2.24) is 9.55 Å². The molecule has 32 heavy (non-hydrogen) atoms. The fourth-order valence-corrected chi connectivity index (χ4v) is 3.73. The maximum absolute atomic E-state index is 14.0. The minimum atomic E-state index is -0.155. The second kappa shape index (κ2) is 9.31. The molecule has 0 saturated carbocycles. The average molecular weight is 420 g/mol. The van der Waals surface area contributed by atoms with Crippen molar-refractivity contribution >= 4 is 17.1 Å². The SMILES string of the molecule is C=CCN(c1ccccc1)c1nc(-c2ccccc2)n(-c2ccccc2)c(=O)c1C(=C)C. The Kier molecular flexibility index (Phi) is 6.13. The summed E-state index contributed by atoms with van der Waals surface area (Å²) in [6.45, 7) is 10.4. The third-order valence-electron chi connectivity index (χ3n) is 5.17. The van der Waals surface area contributed by atoms with Crippen LogP contribution in [0.4, 0.5) is 11.5 Å². The zero-order valence-electron chi connectivity index (χ0n) is 18.1. The van der Waals surface area contributed by atoms with Crippen LogP contribution in [-0.4, -0.2) is 16.1 Å². The summed E-state index contributed by atoms with van der Waals surface area (Å²) in [6.07, 6.45) is 1.81. The Morgan fingerprint density at radius 2 is 1.50 bits per heavy atom. The largest absolute Gasteiger partial charge is 0.322 e. The van der Waals surface area contributed by atoms with E-state index in [4.69, 9.17) is 4.98 Å². The van der Waals surface area contributed by atoms with Gasteiger partial charge in [-0.25, -0.2) is 4.98 Å². The van der Waals surface area contributed by atoms with Crippen LogP contribution in [0.25, 0.3) is 22.6 Å². The van der Waals surface area contributed by atoms with E-state index in [0.29, 0.717) is 29.3 Å². The first-order chi connectivity index (χ1) is 15.6. The number of anilines is 2. The second-order valence-electron chi connectivity index (χ2n) is 7.49. The highest BCUT2D eigenvalue weighted by Crippen LogP contribution is 2.31. The fourth-order valence-electron chi connectivity index (χ4n) is 3.73. The van der Waals surface area contributed by atoms with Crippen LogP contribution in [0.2, 0.25) is 0 Å². The van der Waals surface area contributed by atoms with Gasteiger partial charge in [0.1, 0.15) is 11.6 Å². The molecule has 1 aromatic heterocycles. The number of allylic oxidation sites excluding steroid dienone is 1. The first-order valence-corrected chi connectivity index (χ1v) is 10.5. The summed E-state index contributed by atoms with van der Waals surface area (Å²) < 4.78 is 1.67. The predicted octanol–water partition coefficient (Wildman–Crippen LogP) is 6.26. The zero-order valence-corrected chi connectivity index (χ0v) is 18.1. The van der Waals surface area contributed by atoms with Crippen molar-refractivity contribution in [3.8, 4) is 17.1 Å². The maximum atomic E-state index is 14.0. The smallest absolute Gasteiger partial charge is 0.268 e. The molecule has 4 heteroatoms. The monoisotopic (exact) mass is 419 g/mol. The van der Waals surface area contributed by atoms with Gasteiger partial charge >= 0.3 is 0 Å². The lowest BCUT2D eigenvalue weighted by molar-refractivity contribution is 0.918. The summed E-state index contributed by atoms with van der Waals surface area (Å²) >= 11 is 0. The van der Waals surface area contributed by atoms with Crippen molar-refractivity contribution in [3.05, 3.63) is 126 Å². The van der Waals surface area contributed by atoms with Crippen molar-refractivity contribution < 1.29 is 0 Å². The van der Waals surface area contributed by atoms with E-state index in [1.807, 2.05) is 109 Å². The number of benzene rings is 3. The summed E-state index contributed by atoms with van der Waals surface area (Å²) in [5.74, 6) is 1.14. The van der Waals surface area contributed by atoms with Crippen LogP contribution in [0.3, 0.4) is 0 Å². The van der Waals surface area contributed by atoms with Crippen LogP contribution in [0.1, 0.15) is 12.5 Å². The molecule has 0 aliphatic heterocycles. The summed E-state index contributed by atoms with van der Waals surface area (Å²) in [5.41, 5.74) is 3.53. The number of nitrogens with zero attached hydrogens (tertiary/aromatic N) is 3. The minimum absolute atomic E-state index is 0.155. The van der Waals surface area contributed by atoms with Gasteiger partial charge in [0.25, 0.3) is 5.56 Å². The van der Waals surface area contributed by atoms with E-state index in [0.717, 1.165) is 16.9 Å². The minimum Gasteiger partial charge on any atom is -0.322 e. The molecule has 4 nitrogen and oxygen atoms in total. The lowest BCUT2D eigenvalue weighted by atomic mass is 10.1. The lowest BCUT2D eigenvalue weighted by Gasteiger charge is -2.27. The van der Waals surface area contributed by atoms with Crippen LogP contribution in [0.5, 0.6) is 0 Å². The number of para-hydroxylation sites is 2. The Morgan fingerprint density at radius 1 is 0.938 bits per heavy atom. The molecule has 0 N–H and O–H groups in total. The maximum Gasteiger partial charge on any atom is 0.268 e. The van der Waals surface area contributed by atoms with Crippen LogP contribution in [0, 0.1) is 0 Å². The standard InChI is InChI=1S/C28H25N3O/c1-4-20-30(23-16-10-6-11-17-23)27-25(21(2)3)28(32)31(24-18-12-7-13-19-24)26(29-27)22-14-8-5-9-15-22/h4-19H,1-2,20H2,3H3. The van der Waals surface area contributed by atoms with Crippen molar-refractivity contribution in [2.24, 2.45) is 0 Å². The molecule has 0 unspecified atom stereocenters. The Labute approximate surface area is 188 Å². The summed E-state index contributed by atoms with van der Waals surface area (Å²) in [6, 6.07) is 29.3. The van der Waals surface area contributed by atoms with Crippen molar-refractivity contribution in [3.63, 3.8) is 0 Å². The highest BCUT2D eigenvalue weighted by molar-refractivity contribution is 5.78. The normalized spacial score (nSPS) is 10.5. The Bertz CT molecular complexity index is 1290. The summed E-state index contributed by atoms with van der Waals surface area (Å²) in [7, 11) is 0. The molecule has 0 amide bonds. The molecule has 0 aliphatic rings. The molecule has 4 aromatic rings. The van der Waals surface area contributed by atoms with Gasteiger partial charge in [-0.2, -0.15) is 0 Å². The molecule has 0 bridgehead atoms. The van der Waals surface area contributed by atoms with E-state index >= 15 is 0 Å². The quantitative estimate of drug-likeness (QED) is 0.332. The van der Waals surface area contributed by atoms with E-state index in [9.17, 15) is 4.79 Å². The predicted molar refractivity (Wildman–Crippen MR) is 134 cm³/mol. The molecule has 0 fully saturated rings. The van der Waals surface area contributed by atoms with Crippen LogP contribution in [-0.2, 0) is 0 Å². The van der Waals surface area contributed by atoms with E-state index < -0.39 is 0 Å². The Hall–Kier alpha value is -4.18. The molecule has 0 atom stereocenters. The van der Waals surface area contributed by atoms with Gasteiger partial charge in [0.2, 0.25) is 0 Å². The third kappa shape index (κ3) is 4.03. The second-order valence-corrected chi connectivity index (χ2v) is 7.49. The van der Waals surface area contributed by atoms with E-state index in [1.54, 1.807) is 4.57 Å². The lowest BCUT2D eigenvalue weighted by Crippen LogP contribution is -2.30. The van der Waals surface area contributed by atoms with E-state index in [1.165, 1.54) is 0 Å². The van der Waals surface area contributed by atoms with Gasteiger partial charge in [0, 0.05) is 17.8 Å². The number of hydrogen-bond acceptors (Lipinski definition) is 3. The van der Waals surface area contributed by atoms with E-state index in [-0.39, 0.29) is 5.56 Å². The summed E-state index contributed by atoms with van der Waals surface area (Å²) in [5, 5.41) is 0. The molecule has 4 rings (SSSR count). The molecule has 0 spiro atoms. The van der Waals surface area contributed by atoms with Gasteiger partial charge in [-0.1, -0.05) is 79.4 Å².